The maximum absolute atomic E-state index is 12.8. The summed E-state index contributed by atoms with van der Waals surface area (Å²) < 4.78 is 22.8. The average Bonchev–Trinajstić information content (AvgIpc) is 3.41. The summed E-state index contributed by atoms with van der Waals surface area (Å²) in [6.45, 7) is 12.3. The van der Waals surface area contributed by atoms with Crippen molar-refractivity contribution in [1.29, 1.82) is 0 Å². The van der Waals surface area contributed by atoms with Crippen LogP contribution in [0.4, 0.5) is 0 Å². The lowest BCUT2D eigenvalue weighted by molar-refractivity contribution is -0.141. The number of hydrogen-bond donors (Lipinski definition) is 0. The molecule has 1 aromatic carbocycles. The second-order valence-corrected chi connectivity index (χ2v) is 9.44. The lowest BCUT2D eigenvalue weighted by atomic mass is 9.90. The molecule has 3 rings (SSSR count). The third-order valence-electron chi connectivity index (χ3n) is 6.51. The van der Waals surface area contributed by atoms with Crippen LogP contribution in [-0.2, 0) is 30.2 Å². The maximum atomic E-state index is 12.8. The SMILES string of the molecule is C\C=C(/C=C\C(OC)=C(/C)OC(=O)C(C)c1ccc(CC(C)C)cc1)C1OCC2COCC21. The second kappa shape index (κ2) is 11.7. The van der Waals surface area contributed by atoms with Gasteiger partial charge < -0.3 is 18.9 Å². The molecule has 0 saturated carbocycles. The maximum Gasteiger partial charge on any atom is 0.318 e. The predicted molar refractivity (Wildman–Crippen MR) is 130 cm³/mol. The molecule has 180 valence electrons. The number of rotatable bonds is 9. The van der Waals surface area contributed by atoms with E-state index in [0.717, 1.165) is 37.4 Å². The zero-order valence-corrected chi connectivity index (χ0v) is 20.8. The fraction of sp³-hybridized carbons (Fsp3) is 0.536. The molecule has 1 aromatic rings. The van der Waals surface area contributed by atoms with Gasteiger partial charge in [0.1, 0.15) is 5.76 Å². The number of ether oxygens (including phenoxy) is 4. The van der Waals surface area contributed by atoms with E-state index in [9.17, 15) is 4.79 Å². The molecule has 2 aliphatic rings. The average molecular weight is 455 g/mol. The molecule has 2 heterocycles. The normalized spacial score (nSPS) is 24.7. The van der Waals surface area contributed by atoms with Crippen LogP contribution >= 0.6 is 0 Å². The number of benzene rings is 1. The molecular weight excluding hydrogens is 416 g/mol. The summed E-state index contributed by atoms with van der Waals surface area (Å²) in [5, 5.41) is 0. The molecular formula is C28H38O5. The van der Waals surface area contributed by atoms with Crippen LogP contribution in [0.2, 0.25) is 0 Å². The molecule has 4 atom stereocenters. The van der Waals surface area contributed by atoms with Crippen molar-refractivity contribution in [3.8, 4) is 0 Å². The smallest absolute Gasteiger partial charge is 0.318 e. The first kappa shape index (κ1) is 25.3. The molecule has 2 aliphatic heterocycles. The molecule has 0 spiro atoms. The van der Waals surface area contributed by atoms with Crippen LogP contribution in [0, 0.1) is 17.8 Å². The topological polar surface area (TPSA) is 54.0 Å². The van der Waals surface area contributed by atoms with Gasteiger partial charge in [0.2, 0.25) is 0 Å². The number of fused-ring (bicyclic) bond motifs is 1. The molecule has 5 heteroatoms. The molecule has 0 radical (unpaired) electrons. The van der Waals surface area contributed by atoms with Gasteiger partial charge in [0.15, 0.2) is 5.76 Å². The Morgan fingerprint density at radius 3 is 2.48 bits per heavy atom. The van der Waals surface area contributed by atoms with E-state index >= 15 is 0 Å². The summed E-state index contributed by atoms with van der Waals surface area (Å²) in [5.41, 5.74) is 3.30. The van der Waals surface area contributed by atoms with Gasteiger partial charge in [-0.05, 0) is 55.9 Å². The van der Waals surface area contributed by atoms with Gasteiger partial charge in [-0.2, -0.15) is 0 Å². The van der Waals surface area contributed by atoms with Crippen LogP contribution in [0.15, 0.2) is 59.6 Å². The van der Waals surface area contributed by atoms with E-state index < -0.39 is 0 Å². The third kappa shape index (κ3) is 6.36. The number of carbonyl (C=O) groups is 1. The van der Waals surface area contributed by atoms with Crippen LogP contribution in [0.25, 0.3) is 0 Å². The largest absolute Gasteiger partial charge is 0.493 e. The minimum Gasteiger partial charge on any atom is -0.493 e. The summed E-state index contributed by atoms with van der Waals surface area (Å²) >= 11 is 0. The van der Waals surface area contributed by atoms with E-state index in [4.69, 9.17) is 18.9 Å². The molecule has 33 heavy (non-hydrogen) atoms. The van der Waals surface area contributed by atoms with Gasteiger partial charge in [0, 0.05) is 11.8 Å². The summed E-state index contributed by atoms with van der Waals surface area (Å²) in [4.78, 5) is 12.8. The van der Waals surface area contributed by atoms with E-state index in [2.05, 4.69) is 32.1 Å². The number of allylic oxidation sites excluding steroid dienone is 3. The van der Waals surface area contributed by atoms with Crippen molar-refractivity contribution in [3.05, 3.63) is 70.7 Å². The Bertz CT molecular complexity index is 893. The van der Waals surface area contributed by atoms with Crippen LogP contribution in [0.5, 0.6) is 0 Å². The van der Waals surface area contributed by atoms with Crippen molar-refractivity contribution in [3.63, 3.8) is 0 Å². The lowest BCUT2D eigenvalue weighted by Gasteiger charge is -2.17. The zero-order chi connectivity index (χ0) is 24.0. The first-order valence-corrected chi connectivity index (χ1v) is 11.9. The van der Waals surface area contributed by atoms with E-state index in [1.54, 1.807) is 14.0 Å². The summed E-state index contributed by atoms with van der Waals surface area (Å²) in [7, 11) is 1.58. The number of hydrogen-bond acceptors (Lipinski definition) is 5. The Balaban J connectivity index is 1.65. The molecule has 2 saturated heterocycles. The molecule has 0 amide bonds. The zero-order valence-electron chi connectivity index (χ0n) is 20.8. The molecule has 0 aromatic heterocycles. The van der Waals surface area contributed by atoms with Gasteiger partial charge in [-0.25, -0.2) is 0 Å². The van der Waals surface area contributed by atoms with Crippen molar-refractivity contribution in [2.45, 2.75) is 53.1 Å². The van der Waals surface area contributed by atoms with Gasteiger partial charge in [-0.3, -0.25) is 4.79 Å². The summed E-state index contributed by atoms with van der Waals surface area (Å²) in [6.07, 6.45) is 6.94. The minimum absolute atomic E-state index is 0.0263. The van der Waals surface area contributed by atoms with Crippen LogP contribution < -0.4 is 0 Å². The number of carbonyl (C=O) groups excluding carboxylic acids is 1. The molecule has 2 fully saturated rings. The quantitative estimate of drug-likeness (QED) is 0.277. The van der Waals surface area contributed by atoms with Gasteiger partial charge >= 0.3 is 5.97 Å². The molecule has 4 unspecified atom stereocenters. The first-order valence-electron chi connectivity index (χ1n) is 11.9. The minimum atomic E-state index is -0.368. The second-order valence-electron chi connectivity index (χ2n) is 9.44. The number of esters is 1. The Labute approximate surface area is 198 Å². The lowest BCUT2D eigenvalue weighted by Crippen LogP contribution is -2.21. The van der Waals surface area contributed by atoms with Crippen molar-refractivity contribution in [2.75, 3.05) is 26.9 Å². The molecule has 0 N–H and O–H groups in total. The molecule has 0 bridgehead atoms. The van der Waals surface area contributed by atoms with Crippen molar-refractivity contribution in [1.82, 2.24) is 0 Å². The first-order chi connectivity index (χ1) is 15.8. The van der Waals surface area contributed by atoms with E-state index in [1.807, 2.05) is 38.1 Å². The Morgan fingerprint density at radius 2 is 1.85 bits per heavy atom. The Kier molecular flexibility index (Phi) is 8.93. The monoisotopic (exact) mass is 454 g/mol. The van der Waals surface area contributed by atoms with Crippen molar-refractivity contribution < 1.29 is 23.7 Å². The highest BCUT2D eigenvalue weighted by atomic mass is 16.6. The summed E-state index contributed by atoms with van der Waals surface area (Å²) in [6, 6.07) is 8.21. The standard InChI is InChI=1S/C28H38O5/c1-7-22(27-25-17-31-15-24(25)16-32-27)12-13-26(30-6)20(5)33-28(29)19(4)23-10-8-21(9-11-23)14-18(2)3/h7-13,18-19,24-25,27H,14-17H2,1-6H3/b13-12-,22-7+,26-20-. The fourth-order valence-electron chi connectivity index (χ4n) is 4.51. The highest BCUT2D eigenvalue weighted by Crippen LogP contribution is 2.36. The number of methoxy groups -OCH3 is 1. The third-order valence-corrected chi connectivity index (χ3v) is 6.51. The van der Waals surface area contributed by atoms with E-state index in [1.165, 1.54) is 5.56 Å². The van der Waals surface area contributed by atoms with Crippen LogP contribution in [-0.4, -0.2) is 39.0 Å². The van der Waals surface area contributed by atoms with E-state index in [-0.39, 0.29) is 18.0 Å². The van der Waals surface area contributed by atoms with Gasteiger partial charge in [0.25, 0.3) is 0 Å². The Hall–Kier alpha value is -2.37. The van der Waals surface area contributed by atoms with Gasteiger partial charge in [-0.1, -0.05) is 50.3 Å². The van der Waals surface area contributed by atoms with Gasteiger partial charge in [0.05, 0.1) is 39.0 Å². The summed E-state index contributed by atoms with van der Waals surface area (Å²) in [5.74, 6) is 1.74. The van der Waals surface area contributed by atoms with Crippen molar-refractivity contribution >= 4 is 5.97 Å². The fourth-order valence-corrected chi connectivity index (χ4v) is 4.51. The Morgan fingerprint density at radius 1 is 1.12 bits per heavy atom. The predicted octanol–water partition coefficient (Wildman–Crippen LogP) is 5.57. The van der Waals surface area contributed by atoms with Crippen LogP contribution in [0.1, 0.15) is 51.7 Å². The highest BCUT2D eigenvalue weighted by molar-refractivity contribution is 5.78. The molecule has 0 aliphatic carbocycles. The van der Waals surface area contributed by atoms with Crippen LogP contribution in [0.3, 0.4) is 0 Å². The highest BCUT2D eigenvalue weighted by Gasteiger charge is 2.42. The van der Waals surface area contributed by atoms with E-state index in [0.29, 0.717) is 29.3 Å². The van der Waals surface area contributed by atoms with Gasteiger partial charge in [-0.15, -0.1) is 0 Å². The van der Waals surface area contributed by atoms with Crippen molar-refractivity contribution in [2.24, 2.45) is 17.8 Å². The molecule has 5 nitrogen and oxygen atoms in total.